The van der Waals surface area contributed by atoms with E-state index in [1.54, 1.807) is 11.7 Å². The molecule has 3 atom stereocenters. The van der Waals surface area contributed by atoms with Crippen LogP contribution in [0.3, 0.4) is 0 Å². The van der Waals surface area contributed by atoms with Gasteiger partial charge < -0.3 is 9.84 Å². The third kappa shape index (κ3) is 3.11. The molecular formula is C24H24N2O3S. The van der Waals surface area contributed by atoms with Crippen molar-refractivity contribution in [2.75, 3.05) is 7.11 Å². The maximum absolute atomic E-state index is 13.5. The van der Waals surface area contributed by atoms with E-state index in [0.29, 0.717) is 15.8 Å². The Morgan fingerprint density at radius 1 is 1.17 bits per heavy atom. The van der Waals surface area contributed by atoms with Crippen molar-refractivity contribution in [3.8, 4) is 5.75 Å². The van der Waals surface area contributed by atoms with Crippen LogP contribution in [-0.2, 0) is 0 Å². The monoisotopic (exact) mass is 420 g/mol. The summed E-state index contributed by atoms with van der Waals surface area (Å²) in [5, 5.41) is 11.8. The van der Waals surface area contributed by atoms with Crippen molar-refractivity contribution >= 4 is 17.4 Å². The molecular weight excluding hydrogens is 396 g/mol. The minimum Gasteiger partial charge on any atom is -0.497 e. The topological polar surface area (TPSA) is 63.8 Å². The van der Waals surface area contributed by atoms with Gasteiger partial charge in [-0.25, -0.2) is 0 Å². The molecule has 2 heterocycles. The Hall–Kier alpha value is -2.70. The van der Waals surface area contributed by atoms with E-state index in [-0.39, 0.29) is 11.6 Å². The van der Waals surface area contributed by atoms with Gasteiger partial charge in [0.25, 0.3) is 5.56 Å². The zero-order chi connectivity index (χ0) is 20.7. The molecule has 1 aromatic heterocycles. The second kappa shape index (κ2) is 7.52. The Morgan fingerprint density at radius 2 is 1.93 bits per heavy atom. The van der Waals surface area contributed by atoms with Gasteiger partial charge in [-0.1, -0.05) is 66.6 Å². The molecule has 1 aliphatic heterocycles. The summed E-state index contributed by atoms with van der Waals surface area (Å²) in [6.07, 6.45) is 5.40. The predicted molar refractivity (Wildman–Crippen MR) is 118 cm³/mol. The average molecular weight is 421 g/mol. The van der Waals surface area contributed by atoms with Gasteiger partial charge in [-0.2, -0.15) is 0 Å². The lowest BCUT2D eigenvalue weighted by atomic mass is 9.73. The van der Waals surface area contributed by atoms with E-state index in [4.69, 9.17) is 9.73 Å². The molecule has 3 aromatic rings. The van der Waals surface area contributed by atoms with Crippen LogP contribution in [0.1, 0.15) is 42.9 Å². The lowest BCUT2D eigenvalue weighted by Gasteiger charge is -2.45. The lowest BCUT2D eigenvalue weighted by Crippen LogP contribution is -2.58. The highest BCUT2D eigenvalue weighted by Gasteiger charge is 2.50. The molecule has 1 N–H and O–H groups in total. The van der Waals surface area contributed by atoms with E-state index < -0.39 is 11.6 Å². The van der Waals surface area contributed by atoms with E-state index in [1.165, 1.54) is 11.3 Å². The molecule has 0 radical (unpaired) electrons. The summed E-state index contributed by atoms with van der Waals surface area (Å²) in [6, 6.07) is 16.9. The molecule has 154 valence electrons. The molecule has 30 heavy (non-hydrogen) atoms. The summed E-state index contributed by atoms with van der Waals surface area (Å²) >= 11 is 1.41. The number of thiazole rings is 1. The lowest BCUT2D eigenvalue weighted by molar-refractivity contribution is -0.0560. The molecule has 0 bridgehead atoms. The van der Waals surface area contributed by atoms with Crippen LogP contribution in [0, 0.1) is 0 Å². The first-order chi connectivity index (χ1) is 14.6. The van der Waals surface area contributed by atoms with Crippen LogP contribution in [0.5, 0.6) is 5.75 Å². The van der Waals surface area contributed by atoms with Crippen LogP contribution >= 0.6 is 11.3 Å². The number of hydrogen-bond acceptors (Lipinski definition) is 5. The second-order valence-electron chi connectivity index (χ2n) is 8.04. The van der Waals surface area contributed by atoms with Gasteiger partial charge in [0, 0.05) is 0 Å². The maximum Gasteiger partial charge on any atom is 0.270 e. The summed E-state index contributed by atoms with van der Waals surface area (Å²) in [7, 11) is 1.63. The number of nitrogens with zero attached hydrogens (tertiary/aromatic N) is 2. The van der Waals surface area contributed by atoms with Gasteiger partial charge in [-0.05, 0) is 42.2 Å². The van der Waals surface area contributed by atoms with Gasteiger partial charge in [0.05, 0.1) is 23.7 Å². The summed E-state index contributed by atoms with van der Waals surface area (Å²) < 4.78 is 7.56. The maximum atomic E-state index is 13.5. The van der Waals surface area contributed by atoms with Crippen LogP contribution in [-0.4, -0.2) is 28.4 Å². The molecule has 3 unspecified atom stereocenters. The summed E-state index contributed by atoms with van der Waals surface area (Å²) in [4.78, 5) is 19.0. The fourth-order valence-corrected chi connectivity index (χ4v) is 5.79. The van der Waals surface area contributed by atoms with E-state index in [2.05, 4.69) is 0 Å². The SMILES string of the molecule is COc1ccc(/C=c2\sc3n(c2=O)C(c2ccccc2)C2(O)CCCCC2N=3)cc1. The van der Waals surface area contributed by atoms with E-state index in [1.807, 2.05) is 60.7 Å². The molecule has 1 fully saturated rings. The zero-order valence-electron chi connectivity index (χ0n) is 16.8. The van der Waals surface area contributed by atoms with Crippen molar-refractivity contribution in [3.05, 3.63) is 85.4 Å². The Morgan fingerprint density at radius 3 is 2.67 bits per heavy atom. The standard InChI is InChI=1S/C24H24N2O3S/c1-29-18-12-10-16(11-13-18)15-19-22(27)26-21(17-7-3-2-4-8-17)24(28)14-6-5-9-20(24)25-23(26)30-19/h2-4,7-8,10-13,15,20-21,28H,5-6,9,14H2,1H3/b19-15-. The third-order valence-electron chi connectivity index (χ3n) is 6.25. The predicted octanol–water partition coefficient (Wildman–Crippen LogP) is 2.64. The number of aliphatic hydroxyl groups is 1. The quantitative estimate of drug-likeness (QED) is 0.709. The third-order valence-corrected chi connectivity index (χ3v) is 7.24. The van der Waals surface area contributed by atoms with Gasteiger partial charge in [-0.15, -0.1) is 0 Å². The van der Waals surface area contributed by atoms with Gasteiger partial charge >= 0.3 is 0 Å². The fraction of sp³-hybridized carbons (Fsp3) is 0.333. The number of rotatable bonds is 3. The van der Waals surface area contributed by atoms with Crippen LogP contribution in [0.4, 0.5) is 0 Å². The average Bonchev–Trinajstić information content (AvgIpc) is 3.07. The molecule has 0 spiro atoms. The number of hydrogen-bond donors (Lipinski definition) is 1. The van der Waals surface area contributed by atoms with E-state index in [9.17, 15) is 9.90 Å². The van der Waals surface area contributed by atoms with Crippen LogP contribution in [0.25, 0.3) is 6.08 Å². The molecule has 5 nitrogen and oxygen atoms in total. The fourth-order valence-electron chi connectivity index (χ4n) is 4.74. The molecule has 0 saturated heterocycles. The molecule has 5 rings (SSSR count). The minimum absolute atomic E-state index is 0.0964. The Labute approximate surface area is 178 Å². The van der Waals surface area contributed by atoms with Gasteiger partial charge in [-0.3, -0.25) is 14.4 Å². The first kappa shape index (κ1) is 19.3. The van der Waals surface area contributed by atoms with Crippen molar-refractivity contribution in [1.29, 1.82) is 0 Å². The molecule has 6 heteroatoms. The summed E-state index contributed by atoms with van der Waals surface area (Å²) in [5.41, 5.74) is 0.758. The second-order valence-corrected chi connectivity index (χ2v) is 9.05. The molecule has 2 aliphatic rings. The van der Waals surface area contributed by atoms with Crippen molar-refractivity contribution in [2.24, 2.45) is 4.99 Å². The Kier molecular flexibility index (Phi) is 4.83. The summed E-state index contributed by atoms with van der Waals surface area (Å²) in [6.45, 7) is 0. The molecule has 2 aromatic carbocycles. The Balaban J connectivity index is 1.71. The first-order valence-corrected chi connectivity index (χ1v) is 11.1. The van der Waals surface area contributed by atoms with Crippen molar-refractivity contribution < 1.29 is 9.84 Å². The molecule has 0 amide bonds. The van der Waals surface area contributed by atoms with E-state index in [0.717, 1.165) is 36.1 Å². The summed E-state index contributed by atoms with van der Waals surface area (Å²) in [5.74, 6) is 0.778. The van der Waals surface area contributed by atoms with Crippen LogP contribution in [0.15, 0.2) is 64.4 Å². The number of ether oxygens (including phenoxy) is 1. The minimum atomic E-state index is -1.03. The smallest absolute Gasteiger partial charge is 0.270 e. The van der Waals surface area contributed by atoms with E-state index >= 15 is 0 Å². The first-order valence-electron chi connectivity index (χ1n) is 10.3. The van der Waals surface area contributed by atoms with Crippen molar-refractivity contribution in [1.82, 2.24) is 4.57 Å². The molecule has 1 saturated carbocycles. The van der Waals surface area contributed by atoms with Gasteiger partial charge in [0.1, 0.15) is 11.4 Å². The zero-order valence-corrected chi connectivity index (χ0v) is 17.6. The number of methoxy groups -OCH3 is 1. The number of aromatic nitrogens is 1. The highest BCUT2D eigenvalue weighted by molar-refractivity contribution is 7.07. The van der Waals surface area contributed by atoms with Crippen LogP contribution in [0.2, 0.25) is 0 Å². The van der Waals surface area contributed by atoms with Crippen LogP contribution < -0.4 is 19.6 Å². The normalized spacial score (nSPS) is 25.9. The molecule has 1 aliphatic carbocycles. The highest BCUT2D eigenvalue weighted by atomic mass is 32.1. The van der Waals surface area contributed by atoms with Gasteiger partial charge in [0.2, 0.25) is 0 Å². The Bertz CT molecular complexity index is 1230. The largest absolute Gasteiger partial charge is 0.497 e. The van der Waals surface area contributed by atoms with Gasteiger partial charge in [0.15, 0.2) is 4.80 Å². The van der Waals surface area contributed by atoms with Crippen molar-refractivity contribution in [2.45, 2.75) is 43.4 Å². The highest BCUT2D eigenvalue weighted by Crippen LogP contribution is 2.42. The van der Waals surface area contributed by atoms with Crippen molar-refractivity contribution in [3.63, 3.8) is 0 Å². The number of fused-ring (bicyclic) bond motifs is 2. The number of benzene rings is 2.